The Morgan fingerprint density at radius 3 is 2.33 bits per heavy atom. The van der Waals surface area contributed by atoms with Crippen LogP contribution >= 0.6 is 0 Å². The first-order valence-electron chi connectivity index (χ1n) is 8.81. The van der Waals surface area contributed by atoms with E-state index in [1.165, 1.54) is 38.8 Å². The van der Waals surface area contributed by atoms with Gasteiger partial charge in [0.15, 0.2) is 0 Å². The van der Waals surface area contributed by atoms with Crippen LogP contribution < -0.4 is 5.32 Å². The first kappa shape index (κ1) is 18.9. The molecule has 3 nitrogen and oxygen atoms in total. The second-order valence-electron chi connectivity index (χ2n) is 8.09. The zero-order valence-electron chi connectivity index (χ0n) is 15.3. The highest BCUT2D eigenvalue weighted by molar-refractivity contribution is 4.86. The van der Waals surface area contributed by atoms with Crippen LogP contribution in [-0.2, 0) is 4.74 Å². The van der Waals surface area contributed by atoms with Gasteiger partial charge in [0.05, 0.1) is 6.61 Å². The molecule has 0 aromatic rings. The summed E-state index contributed by atoms with van der Waals surface area (Å²) in [5, 5.41) is 3.72. The third kappa shape index (κ3) is 7.12. The SMILES string of the molecule is CCC(CC)(CNC(C)(C)C)CN(C)CC1CCCOC1. The van der Waals surface area contributed by atoms with Crippen LogP contribution in [0.3, 0.4) is 0 Å². The third-order valence-electron chi connectivity index (χ3n) is 4.92. The number of ether oxygens (including phenoxy) is 1. The van der Waals surface area contributed by atoms with Crippen molar-refractivity contribution in [3.8, 4) is 0 Å². The largest absolute Gasteiger partial charge is 0.381 e. The Hall–Kier alpha value is -0.120. The minimum atomic E-state index is 0.200. The molecule has 1 saturated heterocycles. The first-order chi connectivity index (χ1) is 9.80. The van der Waals surface area contributed by atoms with Crippen molar-refractivity contribution in [1.29, 1.82) is 0 Å². The van der Waals surface area contributed by atoms with Crippen LogP contribution in [0.1, 0.15) is 60.3 Å². The van der Waals surface area contributed by atoms with Gasteiger partial charge in [0.1, 0.15) is 0 Å². The van der Waals surface area contributed by atoms with Crippen LogP contribution in [0.25, 0.3) is 0 Å². The maximum Gasteiger partial charge on any atom is 0.0506 e. The van der Waals surface area contributed by atoms with Gasteiger partial charge in [-0.3, -0.25) is 0 Å². The lowest BCUT2D eigenvalue weighted by Gasteiger charge is -2.39. The summed E-state index contributed by atoms with van der Waals surface area (Å²) >= 11 is 0. The molecule has 1 N–H and O–H groups in total. The quantitative estimate of drug-likeness (QED) is 0.742. The van der Waals surface area contributed by atoms with Crippen molar-refractivity contribution in [1.82, 2.24) is 10.2 Å². The molecule has 1 aliphatic rings. The van der Waals surface area contributed by atoms with Crippen molar-refractivity contribution in [2.45, 2.75) is 65.8 Å². The summed E-state index contributed by atoms with van der Waals surface area (Å²) in [5.74, 6) is 0.728. The van der Waals surface area contributed by atoms with Crippen LogP contribution in [0.4, 0.5) is 0 Å². The van der Waals surface area contributed by atoms with Gasteiger partial charge < -0.3 is 15.0 Å². The van der Waals surface area contributed by atoms with E-state index in [0.29, 0.717) is 5.41 Å². The van der Waals surface area contributed by atoms with Gasteiger partial charge in [-0.15, -0.1) is 0 Å². The van der Waals surface area contributed by atoms with Crippen LogP contribution in [0, 0.1) is 11.3 Å². The summed E-state index contributed by atoms with van der Waals surface area (Å²) in [5.41, 5.74) is 0.586. The summed E-state index contributed by atoms with van der Waals surface area (Å²) in [6, 6.07) is 0. The standard InChI is InChI=1S/C18H38N2O/c1-7-18(8-2,14-19-17(3,4)5)15-20(6)12-16-10-9-11-21-13-16/h16,19H,7-15H2,1-6H3. The lowest BCUT2D eigenvalue weighted by atomic mass is 9.80. The highest BCUT2D eigenvalue weighted by Crippen LogP contribution is 2.28. The number of rotatable bonds is 8. The molecule has 1 unspecified atom stereocenters. The van der Waals surface area contributed by atoms with Crippen molar-refractivity contribution < 1.29 is 4.74 Å². The maximum absolute atomic E-state index is 5.62. The summed E-state index contributed by atoms with van der Waals surface area (Å²) in [4.78, 5) is 2.54. The lowest BCUT2D eigenvalue weighted by Crippen LogP contribution is -2.48. The molecule has 1 rings (SSSR count). The van der Waals surface area contributed by atoms with Gasteiger partial charge in [-0.1, -0.05) is 13.8 Å². The van der Waals surface area contributed by atoms with Crippen LogP contribution in [0.2, 0.25) is 0 Å². The number of nitrogens with one attached hydrogen (secondary N) is 1. The normalized spacial score (nSPS) is 21.0. The number of hydrogen-bond donors (Lipinski definition) is 1. The highest BCUT2D eigenvalue weighted by atomic mass is 16.5. The zero-order chi connectivity index (χ0) is 15.9. The van der Waals surface area contributed by atoms with Gasteiger partial charge in [0.25, 0.3) is 0 Å². The molecule has 0 aliphatic carbocycles. The fourth-order valence-corrected chi connectivity index (χ4v) is 3.26. The van der Waals surface area contributed by atoms with E-state index in [1.807, 2.05) is 0 Å². The van der Waals surface area contributed by atoms with E-state index in [4.69, 9.17) is 4.74 Å². The summed E-state index contributed by atoms with van der Waals surface area (Å²) in [6.45, 7) is 16.8. The number of nitrogens with zero attached hydrogens (tertiary/aromatic N) is 1. The Kier molecular flexibility index (Phi) is 7.66. The van der Waals surface area contributed by atoms with Crippen LogP contribution in [-0.4, -0.2) is 50.3 Å². The molecule has 126 valence electrons. The van der Waals surface area contributed by atoms with Crippen molar-refractivity contribution in [2.24, 2.45) is 11.3 Å². The Bertz CT molecular complexity index is 275. The highest BCUT2D eigenvalue weighted by Gasteiger charge is 2.30. The Labute approximate surface area is 132 Å². The van der Waals surface area contributed by atoms with Crippen molar-refractivity contribution >= 4 is 0 Å². The van der Waals surface area contributed by atoms with E-state index in [9.17, 15) is 0 Å². The van der Waals surface area contributed by atoms with Gasteiger partial charge in [-0.05, 0) is 64.8 Å². The van der Waals surface area contributed by atoms with E-state index in [1.54, 1.807) is 0 Å². The second-order valence-corrected chi connectivity index (χ2v) is 8.09. The van der Waals surface area contributed by atoms with E-state index in [2.05, 4.69) is 51.9 Å². The average molecular weight is 299 g/mol. The predicted molar refractivity (Wildman–Crippen MR) is 91.8 cm³/mol. The molecule has 21 heavy (non-hydrogen) atoms. The maximum atomic E-state index is 5.62. The molecular weight excluding hydrogens is 260 g/mol. The van der Waals surface area contributed by atoms with E-state index in [0.717, 1.165) is 25.7 Å². The lowest BCUT2D eigenvalue weighted by molar-refractivity contribution is 0.0339. The minimum Gasteiger partial charge on any atom is -0.381 e. The van der Waals surface area contributed by atoms with E-state index < -0.39 is 0 Å². The zero-order valence-corrected chi connectivity index (χ0v) is 15.3. The molecule has 1 heterocycles. The molecule has 1 fully saturated rings. The second kappa shape index (κ2) is 8.50. The van der Waals surface area contributed by atoms with Crippen molar-refractivity contribution in [3.05, 3.63) is 0 Å². The Balaban J connectivity index is 2.50. The van der Waals surface area contributed by atoms with Gasteiger partial charge in [-0.25, -0.2) is 0 Å². The molecule has 3 heteroatoms. The van der Waals surface area contributed by atoms with Gasteiger partial charge in [-0.2, -0.15) is 0 Å². The Morgan fingerprint density at radius 1 is 1.19 bits per heavy atom. The molecule has 0 saturated carbocycles. The molecule has 0 aromatic carbocycles. The van der Waals surface area contributed by atoms with E-state index in [-0.39, 0.29) is 5.54 Å². The monoisotopic (exact) mass is 298 g/mol. The fraction of sp³-hybridized carbons (Fsp3) is 1.00. The average Bonchev–Trinajstić information content (AvgIpc) is 2.44. The summed E-state index contributed by atoms with van der Waals surface area (Å²) < 4.78 is 5.62. The molecule has 1 aliphatic heterocycles. The molecular formula is C18H38N2O. The van der Waals surface area contributed by atoms with Gasteiger partial charge >= 0.3 is 0 Å². The third-order valence-corrected chi connectivity index (χ3v) is 4.92. The molecule has 0 bridgehead atoms. The summed E-state index contributed by atoms with van der Waals surface area (Å²) in [7, 11) is 2.28. The van der Waals surface area contributed by atoms with Gasteiger partial charge in [0, 0.05) is 31.8 Å². The van der Waals surface area contributed by atoms with Crippen LogP contribution in [0.15, 0.2) is 0 Å². The number of hydrogen-bond acceptors (Lipinski definition) is 3. The van der Waals surface area contributed by atoms with E-state index >= 15 is 0 Å². The minimum absolute atomic E-state index is 0.200. The fourth-order valence-electron chi connectivity index (χ4n) is 3.26. The molecule has 1 atom stereocenters. The van der Waals surface area contributed by atoms with Crippen LogP contribution in [0.5, 0.6) is 0 Å². The topological polar surface area (TPSA) is 24.5 Å². The van der Waals surface area contributed by atoms with Gasteiger partial charge in [0.2, 0.25) is 0 Å². The van der Waals surface area contributed by atoms with Crippen molar-refractivity contribution in [3.63, 3.8) is 0 Å². The first-order valence-corrected chi connectivity index (χ1v) is 8.81. The van der Waals surface area contributed by atoms with Crippen molar-refractivity contribution in [2.75, 3.05) is 39.9 Å². The molecule has 0 aromatic heterocycles. The summed E-state index contributed by atoms with van der Waals surface area (Å²) in [6.07, 6.45) is 5.03. The smallest absolute Gasteiger partial charge is 0.0506 e. The molecule has 0 amide bonds. The molecule has 0 radical (unpaired) electrons. The Morgan fingerprint density at radius 2 is 1.86 bits per heavy atom. The predicted octanol–water partition coefficient (Wildman–Crippen LogP) is 3.54. The molecule has 0 spiro atoms.